The molecule has 1 aliphatic heterocycles. The van der Waals surface area contributed by atoms with Crippen LogP contribution in [0.2, 0.25) is 0 Å². The van der Waals surface area contributed by atoms with E-state index in [1.165, 1.54) is 16.7 Å². The van der Waals surface area contributed by atoms with Crippen LogP contribution in [0.4, 0.5) is 5.13 Å². The molecule has 0 aromatic carbocycles. The number of carbonyl (C=O) groups is 1. The number of carboxylic acids is 1. The Bertz CT molecular complexity index is 385. The molecule has 5 nitrogen and oxygen atoms in total. The Morgan fingerprint density at radius 1 is 1.75 bits per heavy atom. The predicted molar refractivity (Wildman–Crippen MR) is 61.2 cm³/mol. The summed E-state index contributed by atoms with van der Waals surface area (Å²) < 4.78 is 5.41. The van der Waals surface area contributed by atoms with E-state index < -0.39 is 5.97 Å². The highest BCUT2D eigenvalue weighted by Crippen LogP contribution is 2.26. The number of aromatic nitrogens is 1. The molecule has 1 fully saturated rings. The second kappa shape index (κ2) is 4.39. The summed E-state index contributed by atoms with van der Waals surface area (Å²) in [5, 5.41) is 14.2. The minimum absolute atomic E-state index is 0.0906. The molecule has 0 spiro atoms. The number of rotatable bonds is 3. The third-order valence-electron chi connectivity index (χ3n) is 2.57. The molecule has 0 bridgehead atoms. The van der Waals surface area contributed by atoms with Gasteiger partial charge in [-0.15, -0.1) is 11.3 Å². The van der Waals surface area contributed by atoms with Gasteiger partial charge in [0.2, 0.25) is 0 Å². The highest BCUT2D eigenvalue weighted by molar-refractivity contribution is 7.13. The minimum Gasteiger partial charge on any atom is -0.476 e. The van der Waals surface area contributed by atoms with Crippen LogP contribution in [0.5, 0.6) is 0 Å². The Labute approximate surface area is 97.5 Å². The summed E-state index contributed by atoms with van der Waals surface area (Å²) in [7, 11) is 0. The van der Waals surface area contributed by atoms with Crippen LogP contribution in [0.25, 0.3) is 0 Å². The van der Waals surface area contributed by atoms with Gasteiger partial charge in [0.25, 0.3) is 0 Å². The molecule has 16 heavy (non-hydrogen) atoms. The van der Waals surface area contributed by atoms with Crippen molar-refractivity contribution >= 4 is 22.4 Å². The Kier molecular flexibility index (Phi) is 3.11. The zero-order valence-electron chi connectivity index (χ0n) is 9.02. The molecule has 6 heteroatoms. The van der Waals surface area contributed by atoms with E-state index >= 15 is 0 Å². The van der Waals surface area contributed by atoms with Gasteiger partial charge in [-0.1, -0.05) is 0 Å². The summed E-state index contributed by atoms with van der Waals surface area (Å²) in [6.45, 7) is 3.50. The zero-order valence-corrected chi connectivity index (χ0v) is 9.84. The Hall–Kier alpha value is -1.14. The Morgan fingerprint density at radius 2 is 2.56 bits per heavy atom. The van der Waals surface area contributed by atoms with Gasteiger partial charge >= 0.3 is 5.97 Å². The average molecular weight is 242 g/mol. The smallest absolute Gasteiger partial charge is 0.355 e. The lowest BCUT2D eigenvalue weighted by Crippen LogP contribution is -2.43. The van der Waals surface area contributed by atoms with E-state index in [0.29, 0.717) is 11.7 Å². The van der Waals surface area contributed by atoms with Gasteiger partial charge < -0.3 is 15.2 Å². The highest BCUT2D eigenvalue weighted by Gasteiger charge is 2.28. The van der Waals surface area contributed by atoms with Crippen LogP contribution < -0.4 is 5.32 Å². The molecule has 88 valence electrons. The number of nitrogens with one attached hydrogen (secondary N) is 1. The van der Waals surface area contributed by atoms with Gasteiger partial charge in [-0.3, -0.25) is 0 Å². The van der Waals surface area contributed by atoms with Crippen molar-refractivity contribution in [3.63, 3.8) is 0 Å². The SMILES string of the molecule is CC1(Nc2nc(C(=O)O)cs2)CCCOC1. The van der Waals surface area contributed by atoms with Crippen LogP contribution in [0.1, 0.15) is 30.3 Å². The number of anilines is 1. The normalized spacial score (nSPS) is 25.3. The molecule has 0 saturated carbocycles. The van der Waals surface area contributed by atoms with Gasteiger partial charge in [0.05, 0.1) is 12.1 Å². The van der Waals surface area contributed by atoms with E-state index in [9.17, 15) is 4.79 Å². The first-order chi connectivity index (χ1) is 7.59. The number of hydrogen-bond acceptors (Lipinski definition) is 5. The fraction of sp³-hybridized carbons (Fsp3) is 0.600. The third-order valence-corrected chi connectivity index (χ3v) is 3.33. The number of aromatic carboxylic acids is 1. The molecule has 2 N–H and O–H groups in total. The van der Waals surface area contributed by atoms with Gasteiger partial charge in [0.1, 0.15) is 0 Å². The molecule has 0 radical (unpaired) electrons. The second-order valence-electron chi connectivity index (χ2n) is 4.18. The summed E-state index contributed by atoms with van der Waals surface area (Å²) in [4.78, 5) is 14.7. The summed E-state index contributed by atoms with van der Waals surface area (Å²) in [5.41, 5.74) is -0.0425. The van der Waals surface area contributed by atoms with Crippen LogP contribution in [-0.2, 0) is 4.74 Å². The lowest BCUT2D eigenvalue weighted by atomic mass is 9.95. The van der Waals surface area contributed by atoms with Crippen molar-refractivity contribution < 1.29 is 14.6 Å². The molecule has 1 atom stereocenters. The topological polar surface area (TPSA) is 71.5 Å². The van der Waals surface area contributed by atoms with E-state index in [2.05, 4.69) is 17.2 Å². The first-order valence-electron chi connectivity index (χ1n) is 5.14. The van der Waals surface area contributed by atoms with Crippen molar-refractivity contribution in [2.75, 3.05) is 18.5 Å². The van der Waals surface area contributed by atoms with Crippen LogP contribution in [-0.4, -0.2) is 34.8 Å². The summed E-state index contributed by atoms with van der Waals surface area (Å²) in [6, 6.07) is 0. The van der Waals surface area contributed by atoms with E-state index in [4.69, 9.17) is 9.84 Å². The number of hydrogen-bond donors (Lipinski definition) is 2. The lowest BCUT2D eigenvalue weighted by Gasteiger charge is -2.34. The van der Waals surface area contributed by atoms with E-state index in [1.807, 2.05) is 0 Å². The Balaban J connectivity index is 2.04. The zero-order chi connectivity index (χ0) is 11.6. The van der Waals surface area contributed by atoms with Crippen LogP contribution >= 0.6 is 11.3 Å². The third kappa shape index (κ3) is 2.51. The van der Waals surface area contributed by atoms with Gasteiger partial charge in [-0.2, -0.15) is 0 Å². The molecular formula is C10H14N2O3S. The van der Waals surface area contributed by atoms with Gasteiger partial charge in [0.15, 0.2) is 10.8 Å². The second-order valence-corrected chi connectivity index (χ2v) is 5.04. The Morgan fingerprint density at radius 3 is 3.12 bits per heavy atom. The summed E-state index contributed by atoms with van der Waals surface area (Å²) in [6.07, 6.45) is 2.02. The maximum atomic E-state index is 10.7. The maximum Gasteiger partial charge on any atom is 0.355 e. The summed E-state index contributed by atoms with van der Waals surface area (Å²) in [5.74, 6) is -0.991. The molecule has 1 unspecified atom stereocenters. The van der Waals surface area contributed by atoms with Crippen molar-refractivity contribution in [2.24, 2.45) is 0 Å². The fourth-order valence-electron chi connectivity index (χ4n) is 1.72. The molecule has 1 aromatic rings. The number of thiazole rings is 1. The van der Waals surface area contributed by atoms with Crippen molar-refractivity contribution in [3.05, 3.63) is 11.1 Å². The number of ether oxygens (including phenoxy) is 1. The van der Waals surface area contributed by atoms with Gasteiger partial charge in [-0.25, -0.2) is 9.78 Å². The van der Waals surface area contributed by atoms with Crippen molar-refractivity contribution in [1.29, 1.82) is 0 Å². The summed E-state index contributed by atoms with van der Waals surface area (Å²) >= 11 is 1.31. The molecule has 1 aliphatic rings. The van der Waals surface area contributed by atoms with Crippen LogP contribution in [0.3, 0.4) is 0 Å². The molecule has 0 amide bonds. The van der Waals surface area contributed by atoms with Gasteiger partial charge in [-0.05, 0) is 19.8 Å². The minimum atomic E-state index is -0.991. The van der Waals surface area contributed by atoms with Crippen molar-refractivity contribution in [3.8, 4) is 0 Å². The lowest BCUT2D eigenvalue weighted by molar-refractivity contribution is 0.0540. The molecule has 1 saturated heterocycles. The molecule has 0 aliphatic carbocycles. The van der Waals surface area contributed by atoms with Crippen LogP contribution in [0.15, 0.2) is 5.38 Å². The predicted octanol–water partition coefficient (Wildman–Crippen LogP) is 1.82. The van der Waals surface area contributed by atoms with Crippen molar-refractivity contribution in [2.45, 2.75) is 25.3 Å². The van der Waals surface area contributed by atoms with Gasteiger partial charge in [0, 0.05) is 12.0 Å². The quantitative estimate of drug-likeness (QED) is 0.846. The van der Waals surface area contributed by atoms with Crippen molar-refractivity contribution in [1.82, 2.24) is 4.98 Å². The highest BCUT2D eigenvalue weighted by atomic mass is 32.1. The first-order valence-corrected chi connectivity index (χ1v) is 6.02. The average Bonchev–Trinajstić information content (AvgIpc) is 2.66. The fourth-order valence-corrected chi connectivity index (χ4v) is 2.55. The van der Waals surface area contributed by atoms with E-state index in [-0.39, 0.29) is 11.2 Å². The monoisotopic (exact) mass is 242 g/mol. The molecular weight excluding hydrogens is 228 g/mol. The standard InChI is InChI=1S/C10H14N2O3S/c1-10(3-2-4-15-6-10)12-9-11-7(5-16-9)8(13)14/h5H,2-4,6H2,1H3,(H,11,12)(H,13,14). The first kappa shape index (κ1) is 11.3. The maximum absolute atomic E-state index is 10.7. The largest absolute Gasteiger partial charge is 0.476 e. The van der Waals surface area contributed by atoms with Crippen LogP contribution in [0, 0.1) is 0 Å². The molecule has 2 heterocycles. The van der Waals surface area contributed by atoms with E-state index in [1.54, 1.807) is 0 Å². The number of carboxylic acid groups (broad SMARTS) is 1. The molecule has 2 rings (SSSR count). The molecule has 1 aromatic heterocycles. The number of nitrogens with zero attached hydrogens (tertiary/aromatic N) is 1. The van der Waals surface area contributed by atoms with E-state index in [0.717, 1.165) is 19.4 Å².